The number of hydrogen-bond acceptors (Lipinski definition) is 3. The van der Waals surface area contributed by atoms with Crippen LogP contribution in [0.1, 0.15) is 0 Å². The van der Waals surface area contributed by atoms with Gasteiger partial charge in [-0.25, -0.2) is 17.5 Å². The van der Waals surface area contributed by atoms with Gasteiger partial charge in [0.05, 0.1) is 22.7 Å². The summed E-state index contributed by atoms with van der Waals surface area (Å²) in [7, 11) is -3.63. The molecule has 0 aliphatic carbocycles. The Labute approximate surface area is 115 Å². The molecule has 0 amide bonds. The predicted molar refractivity (Wildman–Crippen MR) is 68.8 cm³/mol. The van der Waals surface area contributed by atoms with Crippen LogP contribution in [-0.2, 0) is 16.6 Å². The molecule has 1 heterocycles. The van der Waals surface area contributed by atoms with Gasteiger partial charge in [0.1, 0.15) is 5.82 Å². The van der Waals surface area contributed by atoms with E-state index in [0.717, 1.165) is 12.1 Å². The number of nitrogens with zero attached hydrogens (tertiary/aromatic N) is 2. The monoisotopic (exact) mass is 303 g/mol. The van der Waals surface area contributed by atoms with Crippen molar-refractivity contribution in [3.8, 4) is 0 Å². The third kappa shape index (κ3) is 3.76. The molecule has 0 saturated carbocycles. The molecule has 102 valence electrons. The van der Waals surface area contributed by atoms with Gasteiger partial charge in [0.25, 0.3) is 0 Å². The summed E-state index contributed by atoms with van der Waals surface area (Å²) in [5, 5.41) is 4.41. The van der Waals surface area contributed by atoms with Crippen molar-refractivity contribution in [1.29, 1.82) is 0 Å². The minimum atomic E-state index is -3.63. The van der Waals surface area contributed by atoms with Gasteiger partial charge in [-0.2, -0.15) is 5.10 Å². The fourth-order valence-electron chi connectivity index (χ4n) is 1.45. The number of hydrogen-bond donors (Lipinski definition) is 1. The molecular weight excluding hydrogens is 293 g/mol. The van der Waals surface area contributed by atoms with E-state index in [1.165, 1.54) is 23.0 Å². The van der Waals surface area contributed by atoms with Gasteiger partial charge in [0.2, 0.25) is 10.0 Å². The Morgan fingerprint density at radius 2 is 2.00 bits per heavy atom. The van der Waals surface area contributed by atoms with Crippen molar-refractivity contribution in [3.63, 3.8) is 0 Å². The summed E-state index contributed by atoms with van der Waals surface area (Å²) in [5.74, 6) is -0.481. The summed E-state index contributed by atoms with van der Waals surface area (Å²) in [4.78, 5) is 0.0207. The van der Waals surface area contributed by atoms with Gasteiger partial charge in [-0.3, -0.25) is 4.68 Å². The summed E-state index contributed by atoms with van der Waals surface area (Å²) in [6.07, 6.45) is 3.06. The molecule has 0 spiro atoms. The second-order valence-corrected chi connectivity index (χ2v) is 5.98. The Morgan fingerprint density at radius 1 is 1.32 bits per heavy atom. The molecule has 5 nitrogen and oxygen atoms in total. The lowest BCUT2D eigenvalue weighted by atomic mass is 10.4. The second-order valence-electron chi connectivity index (χ2n) is 3.77. The van der Waals surface area contributed by atoms with Gasteiger partial charge in [-0.05, 0) is 24.3 Å². The zero-order chi connectivity index (χ0) is 13.9. The smallest absolute Gasteiger partial charge is 0.240 e. The van der Waals surface area contributed by atoms with Gasteiger partial charge < -0.3 is 0 Å². The zero-order valence-corrected chi connectivity index (χ0v) is 11.3. The van der Waals surface area contributed by atoms with E-state index in [1.54, 1.807) is 6.20 Å². The Hall–Kier alpha value is -1.44. The number of nitrogens with one attached hydrogen (secondary N) is 1. The van der Waals surface area contributed by atoms with Gasteiger partial charge in [0, 0.05) is 12.7 Å². The van der Waals surface area contributed by atoms with Crippen LogP contribution in [0.4, 0.5) is 4.39 Å². The van der Waals surface area contributed by atoms with Gasteiger partial charge >= 0.3 is 0 Å². The molecule has 0 aliphatic heterocycles. The highest BCUT2D eigenvalue weighted by atomic mass is 35.5. The summed E-state index contributed by atoms with van der Waals surface area (Å²) in [6, 6.07) is 4.62. The summed E-state index contributed by atoms with van der Waals surface area (Å²) in [6.45, 7) is 0.519. The van der Waals surface area contributed by atoms with E-state index >= 15 is 0 Å². The van der Waals surface area contributed by atoms with Gasteiger partial charge in [-0.15, -0.1) is 0 Å². The summed E-state index contributed by atoms with van der Waals surface area (Å²) in [5.41, 5.74) is 0. The number of rotatable bonds is 5. The molecule has 1 N–H and O–H groups in total. The molecular formula is C11H11ClFN3O2S. The van der Waals surface area contributed by atoms with Crippen LogP contribution in [0.15, 0.2) is 41.6 Å². The molecule has 0 radical (unpaired) electrons. The molecule has 8 heteroatoms. The van der Waals surface area contributed by atoms with Crippen LogP contribution in [0.2, 0.25) is 5.02 Å². The van der Waals surface area contributed by atoms with Crippen LogP contribution in [0.3, 0.4) is 0 Å². The van der Waals surface area contributed by atoms with Crippen LogP contribution in [-0.4, -0.2) is 24.7 Å². The standard InChI is InChI=1S/C11H11ClFN3O2S/c12-9-7-14-16(8-9)6-5-15-19(17,18)11-3-1-10(13)2-4-11/h1-4,7-8,15H,5-6H2. The third-order valence-corrected chi connectivity index (χ3v) is 4.03. The maximum absolute atomic E-state index is 12.7. The molecule has 1 aromatic carbocycles. The largest absolute Gasteiger partial charge is 0.270 e. The van der Waals surface area contributed by atoms with Crippen LogP contribution < -0.4 is 4.72 Å². The quantitative estimate of drug-likeness (QED) is 0.913. The Morgan fingerprint density at radius 3 is 2.58 bits per heavy atom. The maximum atomic E-state index is 12.7. The lowest BCUT2D eigenvalue weighted by Crippen LogP contribution is -2.27. The number of aromatic nitrogens is 2. The zero-order valence-electron chi connectivity index (χ0n) is 9.75. The summed E-state index contributed by atoms with van der Waals surface area (Å²) >= 11 is 5.68. The lowest BCUT2D eigenvalue weighted by molar-refractivity contribution is 0.560. The third-order valence-electron chi connectivity index (χ3n) is 2.36. The van der Waals surface area contributed by atoms with Crippen LogP contribution in [0.25, 0.3) is 0 Å². The van der Waals surface area contributed by atoms with E-state index in [-0.39, 0.29) is 11.4 Å². The van der Waals surface area contributed by atoms with E-state index in [4.69, 9.17) is 11.6 Å². The molecule has 0 aliphatic rings. The molecule has 1 aromatic heterocycles. The molecule has 0 atom stereocenters. The van der Waals surface area contributed by atoms with Crippen molar-refractivity contribution < 1.29 is 12.8 Å². The van der Waals surface area contributed by atoms with Crippen molar-refractivity contribution in [3.05, 3.63) is 47.5 Å². The van der Waals surface area contributed by atoms with Crippen molar-refractivity contribution >= 4 is 21.6 Å². The number of halogens is 2. The Bertz CT molecular complexity index is 655. The first-order chi connectivity index (χ1) is 8.97. The van der Waals surface area contributed by atoms with E-state index in [2.05, 4.69) is 9.82 Å². The Kier molecular flexibility index (Phi) is 4.18. The van der Waals surface area contributed by atoms with E-state index < -0.39 is 15.8 Å². The first-order valence-electron chi connectivity index (χ1n) is 5.40. The number of sulfonamides is 1. The first-order valence-corrected chi connectivity index (χ1v) is 7.27. The highest BCUT2D eigenvalue weighted by Gasteiger charge is 2.13. The van der Waals surface area contributed by atoms with Crippen LogP contribution in [0, 0.1) is 5.82 Å². The molecule has 19 heavy (non-hydrogen) atoms. The van der Waals surface area contributed by atoms with Crippen LogP contribution >= 0.6 is 11.6 Å². The minimum Gasteiger partial charge on any atom is -0.270 e. The second kappa shape index (κ2) is 5.68. The average molecular weight is 304 g/mol. The van der Waals surface area contributed by atoms with Crippen molar-refractivity contribution in [2.45, 2.75) is 11.4 Å². The SMILES string of the molecule is O=S(=O)(NCCn1cc(Cl)cn1)c1ccc(F)cc1. The lowest BCUT2D eigenvalue weighted by Gasteiger charge is -2.06. The molecule has 0 bridgehead atoms. The van der Waals surface area contributed by atoms with E-state index in [1.807, 2.05) is 0 Å². The topological polar surface area (TPSA) is 64.0 Å². The minimum absolute atomic E-state index is 0.0207. The van der Waals surface area contributed by atoms with E-state index in [9.17, 15) is 12.8 Å². The summed E-state index contributed by atoms with van der Waals surface area (Å²) < 4.78 is 40.3. The molecule has 2 aromatic rings. The Balaban J connectivity index is 1.96. The fourth-order valence-corrected chi connectivity index (χ4v) is 2.63. The molecule has 0 fully saturated rings. The van der Waals surface area contributed by atoms with E-state index in [0.29, 0.717) is 11.6 Å². The average Bonchev–Trinajstić information content (AvgIpc) is 2.75. The fraction of sp³-hybridized carbons (Fsp3) is 0.182. The van der Waals surface area contributed by atoms with Crippen molar-refractivity contribution in [2.24, 2.45) is 0 Å². The highest BCUT2D eigenvalue weighted by Crippen LogP contribution is 2.09. The molecule has 0 saturated heterocycles. The van der Waals surface area contributed by atoms with Crippen LogP contribution in [0.5, 0.6) is 0 Å². The van der Waals surface area contributed by atoms with Crippen molar-refractivity contribution in [1.82, 2.24) is 14.5 Å². The normalized spacial score (nSPS) is 11.7. The molecule has 2 rings (SSSR count). The number of benzene rings is 1. The molecule has 0 unspecified atom stereocenters. The van der Waals surface area contributed by atoms with Gasteiger partial charge in [-0.1, -0.05) is 11.6 Å². The highest BCUT2D eigenvalue weighted by molar-refractivity contribution is 7.89. The van der Waals surface area contributed by atoms with Crippen molar-refractivity contribution in [2.75, 3.05) is 6.54 Å². The predicted octanol–water partition coefficient (Wildman–Crippen LogP) is 1.65. The first kappa shape index (κ1) is 14.0. The maximum Gasteiger partial charge on any atom is 0.240 e. The van der Waals surface area contributed by atoms with Gasteiger partial charge in [0.15, 0.2) is 0 Å².